The molecule has 7 nitrogen and oxygen atoms in total. The van der Waals surface area contributed by atoms with E-state index in [-0.39, 0.29) is 23.8 Å². The lowest BCUT2D eigenvalue weighted by Crippen LogP contribution is -2.56. The maximum atomic E-state index is 14.1. The van der Waals surface area contributed by atoms with Crippen molar-refractivity contribution < 1.29 is 19.1 Å². The smallest absolute Gasteiger partial charge is 0.246 e. The summed E-state index contributed by atoms with van der Waals surface area (Å²) in [6.07, 6.45) is 8.81. The molecule has 0 aromatic heterocycles. The molecule has 1 saturated carbocycles. The largest absolute Gasteiger partial charge is 0.359 e. The van der Waals surface area contributed by atoms with Crippen molar-refractivity contribution in [1.29, 1.82) is 0 Å². The maximum absolute atomic E-state index is 14.1. The Morgan fingerprint density at radius 3 is 2.54 bits per heavy atom. The van der Waals surface area contributed by atoms with E-state index in [0.29, 0.717) is 23.7 Å². The molecule has 3 heterocycles. The monoisotopic (exact) mass is 611 g/mol. The number of ether oxygens (including phenoxy) is 1. The van der Waals surface area contributed by atoms with Crippen LogP contribution in [0.15, 0.2) is 65.2 Å². The molecule has 2 aromatic rings. The van der Waals surface area contributed by atoms with E-state index in [1.165, 1.54) is 6.42 Å². The van der Waals surface area contributed by atoms with Crippen molar-refractivity contribution in [1.82, 2.24) is 10.2 Å². The number of carbonyl (C=O) groups excluding carboxylic acids is 3. The van der Waals surface area contributed by atoms with Crippen LogP contribution in [0, 0.1) is 11.8 Å². The van der Waals surface area contributed by atoms with Gasteiger partial charge in [0.15, 0.2) is 0 Å². The van der Waals surface area contributed by atoms with E-state index in [9.17, 15) is 14.4 Å². The van der Waals surface area contributed by atoms with Gasteiger partial charge in [-0.1, -0.05) is 77.1 Å². The van der Waals surface area contributed by atoms with Crippen LogP contribution in [0.5, 0.6) is 0 Å². The van der Waals surface area contributed by atoms with Crippen LogP contribution < -0.4 is 10.6 Å². The van der Waals surface area contributed by atoms with Gasteiger partial charge in [0.05, 0.1) is 17.9 Å². The number of nitrogens with one attached hydrogen (secondary N) is 2. The fraction of sp³-hybridized carbons (Fsp3) is 0.433. The average molecular weight is 613 g/mol. The normalized spacial score (nSPS) is 29.5. The first-order valence-corrected chi connectivity index (χ1v) is 14.8. The summed E-state index contributed by atoms with van der Waals surface area (Å²) < 4.78 is 7.35. The molecular formula is C30H31BrClN3O4. The Bertz CT molecular complexity index is 1310. The van der Waals surface area contributed by atoms with Gasteiger partial charge >= 0.3 is 0 Å². The molecule has 2 N–H and O–H groups in total. The minimum atomic E-state index is -1.18. The highest BCUT2D eigenvalue weighted by atomic mass is 79.9. The summed E-state index contributed by atoms with van der Waals surface area (Å²) in [7, 11) is 0. The molecule has 0 radical (unpaired) electrons. The van der Waals surface area contributed by atoms with Gasteiger partial charge in [0.25, 0.3) is 0 Å². The fourth-order valence-corrected chi connectivity index (χ4v) is 7.23. The summed E-state index contributed by atoms with van der Waals surface area (Å²) in [5, 5.41) is 6.80. The van der Waals surface area contributed by atoms with Gasteiger partial charge in [-0.15, -0.1) is 0 Å². The summed E-state index contributed by atoms with van der Waals surface area (Å²) in [6, 6.07) is 14.0. The number of anilines is 1. The van der Waals surface area contributed by atoms with Crippen LogP contribution in [0.1, 0.15) is 37.7 Å². The number of hydrogen-bond donors (Lipinski definition) is 2. The number of hydrogen-bond acceptors (Lipinski definition) is 4. The van der Waals surface area contributed by atoms with E-state index >= 15 is 0 Å². The molecule has 204 valence electrons. The lowest BCUT2D eigenvalue weighted by Gasteiger charge is -2.34. The number of nitrogens with zero attached hydrogens (tertiary/aromatic N) is 1. The molecule has 39 heavy (non-hydrogen) atoms. The standard InChI is InChI=1S/C30H31BrClN3O4/c31-19-10-12-21(13-11-19)33-27(36)24-23-14-16-30(39-23)25(24)29(38)35(17-15-18-6-4-5-9-22(18)32)26(30)28(37)34-20-7-2-1-3-8-20/h4-6,9-14,16,20,23-26H,1-3,7-8,15,17H2,(H,33,36)(H,34,37)/t23-,24+,25-,26-,30-/m0/s1. The highest BCUT2D eigenvalue weighted by Gasteiger charge is 2.72. The summed E-state index contributed by atoms with van der Waals surface area (Å²) in [6.45, 7) is 0.298. The molecule has 1 aliphatic carbocycles. The molecule has 0 unspecified atom stereocenters. The van der Waals surface area contributed by atoms with Crippen LogP contribution in [0.3, 0.4) is 0 Å². The summed E-state index contributed by atoms with van der Waals surface area (Å²) >= 11 is 9.82. The van der Waals surface area contributed by atoms with Gasteiger partial charge in [-0.2, -0.15) is 0 Å². The molecule has 2 saturated heterocycles. The first kappa shape index (κ1) is 26.5. The first-order valence-electron chi connectivity index (χ1n) is 13.7. The predicted molar refractivity (Wildman–Crippen MR) is 152 cm³/mol. The van der Waals surface area contributed by atoms with Crippen molar-refractivity contribution in [3.8, 4) is 0 Å². The molecule has 3 amide bonds. The van der Waals surface area contributed by atoms with Gasteiger partial charge in [0, 0.05) is 27.8 Å². The lowest BCUT2D eigenvalue weighted by atomic mass is 9.74. The second-order valence-corrected chi connectivity index (χ2v) is 12.2. The number of halogens is 2. The molecule has 5 atom stereocenters. The molecule has 2 bridgehead atoms. The minimum absolute atomic E-state index is 0.0845. The molecule has 3 aliphatic heterocycles. The van der Waals surface area contributed by atoms with Crippen molar-refractivity contribution in [2.75, 3.05) is 11.9 Å². The van der Waals surface area contributed by atoms with Crippen molar-refractivity contribution in [3.05, 3.63) is 75.7 Å². The van der Waals surface area contributed by atoms with Gasteiger partial charge in [0.1, 0.15) is 11.6 Å². The Morgan fingerprint density at radius 1 is 1.05 bits per heavy atom. The zero-order valence-corrected chi connectivity index (χ0v) is 23.8. The third-order valence-corrected chi connectivity index (χ3v) is 9.47. The topological polar surface area (TPSA) is 87.7 Å². The molecular weight excluding hydrogens is 582 g/mol. The maximum Gasteiger partial charge on any atom is 0.246 e. The number of fused-ring (bicyclic) bond motifs is 1. The van der Waals surface area contributed by atoms with E-state index in [1.807, 2.05) is 48.6 Å². The van der Waals surface area contributed by atoms with Crippen LogP contribution in [0.4, 0.5) is 5.69 Å². The van der Waals surface area contributed by atoms with Crippen LogP contribution in [-0.4, -0.2) is 53.0 Å². The molecule has 4 aliphatic rings. The fourth-order valence-electron chi connectivity index (χ4n) is 6.74. The Morgan fingerprint density at radius 2 is 1.79 bits per heavy atom. The Kier molecular flexibility index (Phi) is 7.29. The quantitative estimate of drug-likeness (QED) is 0.437. The summed E-state index contributed by atoms with van der Waals surface area (Å²) in [5.74, 6) is -2.24. The van der Waals surface area contributed by atoms with Gasteiger partial charge in [-0.3, -0.25) is 14.4 Å². The van der Waals surface area contributed by atoms with Crippen molar-refractivity contribution in [2.45, 2.75) is 62.3 Å². The van der Waals surface area contributed by atoms with Crippen LogP contribution in [-0.2, 0) is 25.5 Å². The number of likely N-dealkylation sites (tertiary alicyclic amines) is 1. The third kappa shape index (κ3) is 4.81. The number of rotatable bonds is 7. The highest BCUT2D eigenvalue weighted by molar-refractivity contribution is 9.10. The molecule has 2 aromatic carbocycles. The van der Waals surface area contributed by atoms with Crippen LogP contribution in [0.2, 0.25) is 5.02 Å². The molecule has 9 heteroatoms. The SMILES string of the molecule is O=C(Nc1ccc(Br)cc1)[C@@H]1[C@@H]2C=C[C@]3(O2)[C@@H]1C(=O)N(CCc1ccccc1Cl)[C@H]3C(=O)NC1CCCCC1. The molecule has 6 rings (SSSR count). The van der Waals surface area contributed by atoms with Crippen LogP contribution in [0.25, 0.3) is 0 Å². The molecule has 1 spiro atoms. The van der Waals surface area contributed by atoms with Gasteiger partial charge in [-0.25, -0.2) is 0 Å². The van der Waals surface area contributed by atoms with Crippen molar-refractivity contribution in [2.24, 2.45) is 11.8 Å². The van der Waals surface area contributed by atoms with E-state index in [0.717, 1.165) is 35.7 Å². The summed E-state index contributed by atoms with van der Waals surface area (Å²) in [4.78, 5) is 43.2. The predicted octanol–water partition coefficient (Wildman–Crippen LogP) is 4.88. The van der Waals surface area contributed by atoms with E-state index in [1.54, 1.807) is 17.0 Å². The highest BCUT2D eigenvalue weighted by Crippen LogP contribution is 2.55. The van der Waals surface area contributed by atoms with E-state index < -0.39 is 29.6 Å². The van der Waals surface area contributed by atoms with Crippen molar-refractivity contribution >= 4 is 50.9 Å². The van der Waals surface area contributed by atoms with Crippen molar-refractivity contribution in [3.63, 3.8) is 0 Å². The molecule has 3 fully saturated rings. The van der Waals surface area contributed by atoms with Crippen LogP contribution >= 0.6 is 27.5 Å². The van der Waals surface area contributed by atoms with E-state index in [4.69, 9.17) is 16.3 Å². The zero-order chi connectivity index (χ0) is 27.1. The first-order chi connectivity index (χ1) is 18.9. The van der Waals surface area contributed by atoms with Gasteiger partial charge in [0.2, 0.25) is 17.7 Å². The average Bonchev–Trinajstić information content (AvgIpc) is 3.57. The number of benzene rings is 2. The second-order valence-electron chi connectivity index (χ2n) is 10.9. The summed E-state index contributed by atoms with van der Waals surface area (Å²) in [5.41, 5.74) is 0.359. The zero-order valence-electron chi connectivity index (χ0n) is 21.4. The Hall–Kier alpha value is -2.68. The second kappa shape index (κ2) is 10.7. The van der Waals surface area contributed by atoms with Gasteiger partial charge in [-0.05, 0) is 55.2 Å². The lowest BCUT2D eigenvalue weighted by molar-refractivity contribution is -0.141. The Labute approximate surface area is 241 Å². The number of carbonyl (C=O) groups is 3. The van der Waals surface area contributed by atoms with Gasteiger partial charge < -0.3 is 20.3 Å². The van der Waals surface area contributed by atoms with E-state index in [2.05, 4.69) is 26.6 Å². The third-order valence-electron chi connectivity index (χ3n) is 8.57. The Balaban J connectivity index is 1.29. The minimum Gasteiger partial charge on any atom is -0.359 e. The number of amides is 3.